The van der Waals surface area contributed by atoms with Crippen molar-refractivity contribution in [2.45, 2.75) is 58.3 Å². The molecule has 0 bridgehead atoms. The molecular formula is C28H32Sn2. The molecule has 0 saturated heterocycles. The number of benzene rings is 4. The Balaban J connectivity index is 1.84. The van der Waals surface area contributed by atoms with Crippen molar-refractivity contribution in [3.63, 3.8) is 0 Å². The average molecular weight is 606 g/mol. The van der Waals surface area contributed by atoms with Gasteiger partial charge < -0.3 is 0 Å². The van der Waals surface area contributed by atoms with E-state index in [4.69, 9.17) is 0 Å². The number of unbranched alkanes of at least 4 members (excludes halogenated alkanes) is 2. The van der Waals surface area contributed by atoms with Crippen molar-refractivity contribution in [2.24, 2.45) is 0 Å². The van der Waals surface area contributed by atoms with E-state index >= 15 is 0 Å². The quantitative estimate of drug-likeness (QED) is 0.194. The van der Waals surface area contributed by atoms with E-state index in [1.807, 2.05) is 7.16 Å². The van der Waals surface area contributed by atoms with Crippen molar-refractivity contribution in [1.29, 1.82) is 0 Å². The fraction of sp³-hybridized carbons (Fsp3) is 0.357. The van der Waals surface area contributed by atoms with E-state index < -0.39 is 36.8 Å². The van der Waals surface area contributed by atoms with Gasteiger partial charge in [-0.25, -0.2) is 0 Å². The van der Waals surface area contributed by atoms with E-state index in [1.54, 1.807) is 39.5 Å². The summed E-state index contributed by atoms with van der Waals surface area (Å²) in [6, 6.07) is 20.0. The molecule has 2 heterocycles. The van der Waals surface area contributed by atoms with Gasteiger partial charge in [0.1, 0.15) is 0 Å². The zero-order valence-corrected chi connectivity index (χ0v) is 24.6. The van der Waals surface area contributed by atoms with Crippen molar-refractivity contribution in [2.75, 3.05) is 0 Å². The van der Waals surface area contributed by atoms with Crippen LogP contribution < -0.4 is 14.3 Å². The first-order valence-electron chi connectivity index (χ1n) is 12.0. The third-order valence-electron chi connectivity index (χ3n) is 8.42. The normalized spacial score (nSPS) is 17.3. The summed E-state index contributed by atoms with van der Waals surface area (Å²) in [4.78, 5) is 5.29. The molecule has 152 valence electrons. The van der Waals surface area contributed by atoms with E-state index in [0.29, 0.717) is 0 Å². The predicted molar refractivity (Wildman–Crippen MR) is 140 cm³/mol. The second-order valence-electron chi connectivity index (χ2n) is 10.3. The SMILES string of the molecule is CCC[CH2][Sn]1([CH2]CCC)[c]2cccc3c4ccc[c]5c4c4[c](cc[c]1c4c23)[Sn]5([CH3])[CH3]. The van der Waals surface area contributed by atoms with Crippen LogP contribution in [0, 0.1) is 0 Å². The van der Waals surface area contributed by atoms with Crippen LogP contribution in [0.3, 0.4) is 0 Å². The Kier molecular flexibility index (Phi) is 4.56. The second kappa shape index (κ2) is 6.88. The fourth-order valence-corrected chi connectivity index (χ4v) is 32.3. The molecule has 0 saturated carbocycles. The van der Waals surface area contributed by atoms with Crippen LogP contribution >= 0.6 is 0 Å². The third-order valence-corrected chi connectivity index (χ3v) is 33.6. The summed E-state index contributed by atoms with van der Waals surface area (Å²) < 4.78 is 10.3. The van der Waals surface area contributed by atoms with E-state index in [-0.39, 0.29) is 0 Å². The Morgan fingerprint density at radius 1 is 0.567 bits per heavy atom. The Bertz CT molecular complexity index is 1340. The summed E-state index contributed by atoms with van der Waals surface area (Å²) in [5.74, 6) is 0. The number of hydrogen-bond acceptors (Lipinski definition) is 0. The van der Waals surface area contributed by atoms with Crippen LogP contribution in [0.5, 0.6) is 0 Å². The zero-order chi connectivity index (χ0) is 20.7. The number of fused-ring (bicyclic) bond motifs is 1. The van der Waals surface area contributed by atoms with Gasteiger partial charge in [-0.15, -0.1) is 0 Å². The Morgan fingerprint density at radius 3 is 1.67 bits per heavy atom. The summed E-state index contributed by atoms with van der Waals surface area (Å²) in [6.07, 6.45) is 5.47. The summed E-state index contributed by atoms with van der Waals surface area (Å²) in [5, 5.41) is 9.91. The predicted octanol–water partition coefficient (Wildman–Crippen LogP) is 5.76. The van der Waals surface area contributed by atoms with Crippen LogP contribution in [0.1, 0.15) is 39.5 Å². The molecule has 30 heavy (non-hydrogen) atoms. The minimum atomic E-state index is -2.68. The van der Waals surface area contributed by atoms with Crippen molar-refractivity contribution in [1.82, 2.24) is 0 Å². The Morgan fingerprint density at radius 2 is 1.03 bits per heavy atom. The summed E-state index contributed by atoms with van der Waals surface area (Å²) in [5.41, 5.74) is 0. The molecule has 0 aliphatic carbocycles. The van der Waals surface area contributed by atoms with E-state index in [1.165, 1.54) is 34.6 Å². The molecule has 4 aromatic carbocycles. The second-order valence-corrected chi connectivity index (χ2v) is 34.7. The van der Waals surface area contributed by atoms with Gasteiger partial charge in [-0.3, -0.25) is 0 Å². The van der Waals surface area contributed by atoms with Crippen molar-refractivity contribution >= 4 is 83.4 Å². The van der Waals surface area contributed by atoms with Crippen LogP contribution in [-0.2, 0) is 0 Å². The van der Waals surface area contributed by atoms with Gasteiger partial charge in [0.15, 0.2) is 0 Å². The Hall–Kier alpha value is -0.743. The molecule has 4 aromatic rings. The molecular weight excluding hydrogens is 574 g/mol. The molecule has 0 unspecified atom stereocenters. The first-order chi connectivity index (χ1) is 14.6. The molecule has 6 rings (SSSR count). The first kappa shape index (κ1) is 19.9. The van der Waals surface area contributed by atoms with Crippen LogP contribution in [0.2, 0.25) is 18.8 Å². The molecule has 0 spiro atoms. The monoisotopic (exact) mass is 608 g/mol. The molecule has 2 aliphatic rings. The zero-order valence-electron chi connectivity index (χ0n) is 18.9. The van der Waals surface area contributed by atoms with Crippen LogP contribution in [0.4, 0.5) is 0 Å². The molecule has 0 N–H and O–H groups in total. The topological polar surface area (TPSA) is 0 Å². The number of rotatable bonds is 6. The van der Waals surface area contributed by atoms with Gasteiger partial charge in [0.2, 0.25) is 0 Å². The molecule has 0 fully saturated rings. The van der Waals surface area contributed by atoms with Crippen LogP contribution in [-0.4, -0.2) is 36.8 Å². The fourth-order valence-electron chi connectivity index (χ4n) is 6.96. The van der Waals surface area contributed by atoms with Crippen molar-refractivity contribution in [3.8, 4) is 0 Å². The molecule has 0 nitrogen and oxygen atoms in total. The molecule has 0 radical (unpaired) electrons. The molecule has 2 heteroatoms. The minimum absolute atomic E-state index is 1.33. The van der Waals surface area contributed by atoms with Gasteiger partial charge in [-0.2, -0.15) is 0 Å². The van der Waals surface area contributed by atoms with Gasteiger partial charge in [0.05, 0.1) is 0 Å². The molecule has 2 aliphatic heterocycles. The van der Waals surface area contributed by atoms with Crippen LogP contribution in [0.15, 0.2) is 48.5 Å². The van der Waals surface area contributed by atoms with Gasteiger partial charge in [0, 0.05) is 0 Å². The summed E-state index contributed by atoms with van der Waals surface area (Å²) in [7, 11) is 0. The van der Waals surface area contributed by atoms with Crippen LogP contribution in [0.25, 0.3) is 32.3 Å². The maximum atomic E-state index is 2.68. The molecule has 0 aromatic heterocycles. The third kappa shape index (κ3) is 2.31. The Labute approximate surface area is 188 Å². The molecule has 0 atom stereocenters. The van der Waals surface area contributed by atoms with Crippen molar-refractivity contribution < 1.29 is 0 Å². The maximum absolute atomic E-state index is 2.68. The first-order valence-corrected chi connectivity index (χ1v) is 27.5. The number of hydrogen-bond donors (Lipinski definition) is 0. The van der Waals surface area contributed by atoms with Gasteiger partial charge in [-0.05, 0) is 0 Å². The summed E-state index contributed by atoms with van der Waals surface area (Å²) >= 11 is -5.18. The van der Waals surface area contributed by atoms with E-state index in [9.17, 15) is 0 Å². The van der Waals surface area contributed by atoms with E-state index in [0.717, 1.165) is 0 Å². The van der Waals surface area contributed by atoms with Gasteiger partial charge in [0.25, 0.3) is 0 Å². The average Bonchev–Trinajstić information content (AvgIpc) is 3.18. The van der Waals surface area contributed by atoms with E-state index in [2.05, 4.69) is 72.3 Å². The molecule has 0 amide bonds. The standard InChI is InChI=1S/C18H8.2C4H9.2CH3.2Sn/c1-2-8-14-13(7-1)15-9-3-4-11-17(15)18-12-6-5-10-16(14)18;2*1-3-4-2;;;;/h1-7,9H;2*1,3-4H2,2H3;2*1H3;;. The van der Waals surface area contributed by atoms with Crippen molar-refractivity contribution in [3.05, 3.63) is 48.5 Å². The summed E-state index contributed by atoms with van der Waals surface area (Å²) in [6.45, 7) is 4.76. The van der Waals surface area contributed by atoms with Gasteiger partial charge in [-0.1, -0.05) is 0 Å². The van der Waals surface area contributed by atoms with Gasteiger partial charge >= 0.3 is 190 Å².